The number of hydrogen-bond acceptors (Lipinski definition) is 3. The SMILES string of the molecule is CC(C)[C@@H]1C(=O)N(c2ccc(C#N)cc2F)CC(=O)N1Cc1ccc(C(F)(F)F)cc1. The van der Waals surface area contributed by atoms with Crippen LogP contribution in [0.4, 0.5) is 23.2 Å². The minimum atomic E-state index is -4.47. The maximum absolute atomic E-state index is 14.5. The summed E-state index contributed by atoms with van der Waals surface area (Å²) in [4.78, 5) is 28.4. The molecule has 1 fully saturated rings. The number of benzene rings is 2. The number of alkyl halides is 3. The van der Waals surface area contributed by atoms with Gasteiger partial charge in [0.1, 0.15) is 18.4 Å². The van der Waals surface area contributed by atoms with Crippen molar-refractivity contribution in [1.29, 1.82) is 5.26 Å². The molecular formula is C22H19F4N3O2. The largest absolute Gasteiger partial charge is 0.416 e. The molecule has 1 aliphatic heterocycles. The number of halogens is 4. The van der Waals surface area contributed by atoms with Crippen molar-refractivity contribution in [2.45, 2.75) is 32.6 Å². The van der Waals surface area contributed by atoms with Crippen LogP contribution in [-0.4, -0.2) is 29.3 Å². The standard InChI is InChI=1S/C22H19F4N3O2/c1-13(2)20-21(31)28(18-8-5-15(10-27)9-17(18)23)12-19(30)29(20)11-14-3-6-16(7-4-14)22(24,25)26/h3-9,13,20H,11-12H2,1-2H3/t20-/m1/s1. The molecular weight excluding hydrogens is 414 g/mol. The molecule has 162 valence electrons. The summed E-state index contributed by atoms with van der Waals surface area (Å²) in [6.07, 6.45) is -4.47. The summed E-state index contributed by atoms with van der Waals surface area (Å²) in [7, 11) is 0. The van der Waals surface area contributed by atoms with Crippen molar-refractivity contribution < 1.29 is 27.2 Å². The monoisotopic (exact) mass is 433 g/mol. The lowest BCUT2D eigenvalue weighted by Gasteiger charge is -2.42. The lowest BCUT2D eigenvalue weighted by atomic mass is 9.96. The number of carbonyl (C=O) groups is 2. The molecule has 2 aromatic carbocycles. The predicted molar refractivity (Wildman–Crippen MR) is 104 cm³/mol. The lowest BCUT2D eigenvalue weighted by molar-refractivity contribution is -0.145. The normalized spacial score (nSPS) is 17.3. The predicted octanol–water partition coefficient (Wildman–Crippen LogP) is 4.12. The third-order valence-corrected chi connectivity index (χ3v) is 5.10. The van der Waals surface area contributed by atoms with Gasteiger partial charge in [-0.25, -0.2) is 4.39 Å². The number of nitriles is 1. The molecule has 31 heavy (non-hydrogen) atoms. The third kappa shape index (κ3) is 4.53. The molecule has 2 amide bonds. The minimum absolute atomic E-state index is 0.0464. The van der Waals surface area contributed by atoms with E-state index in [9.17, 15) is 27.2 Å². The summed E-state index contributed by atoms with van der Waals surface area (Å²) in [6.45, 7) is 3.00. The zero-order valence-corrected chi connectivity index (χ0v) is 16.8. The van der Waals surface area contributed by atoms with Crippen molar-refractivity contribution in [3.05, 3.63) is 65.0 Å². The molecule has 0 radical (unpaired) electrons. The van der Waals surface area contributed by atoms with E-state index in [1.807, 2.05) is 0 Å². The van der Waals surface area contributed by atoms with E-state index in [2.05, 4.69) is 0 Å². The molecule has 1 saturated heterocycles. The van der Waals surface area contributed by atoms with Gasteiger partial charge in [-0.2, -0.15) is 18.4 Å². The van der Waals surface area contributed by atoms with Crippen LogP contribution in [0.1, 0.15) is 30.5 Å². The fraction of sp³-hybridized carbons (Fsp3) is 0.318. The Morgan fingerprint density at radius 1 is 1.13 bits per heavy atom. The number of nitrogens with zero attached hydrogens (tertiary/aromatic N) is 3. The van der Waals surface area contributed by atoms with Crippen molar-refractivity contribution >= 4 is 17.5 Å². The molecule has 9 heteroatoms. The summed E-state index contributed by atoms with van der Waals surface area (Å²) in [6, 6.07) is 8.90. The second kappa shape index (κ2) is 8.38. The summed E-state index contributed by atoms with van der Waals surface area (Å²) in [5.74, 6) is -2.07. The van der Waals surface area contributed by atoms with Crippen LogP contribution in [0.3, 0.4) is 0 Å². The molecule has 0 bridgehead atoms. The number of carbonyl (C=O) groups excluding carboxylic acids is 2. The molecule has 0 unspecified atom stereocenters. The maximum atomic E-state index is 14.5. The highest BCUT2D eigenvalue weighted by Gasteiger charge is 2.42. The average molecular weight is 433 g/mol. The maximum Gasteiger partial charge on any atom is 0.416 e. The third-order valence-electron chi connectivity index (χ3n) is 5.10. The first-order valence-electron chi connectivity index (χ1n) is 9.49. The topological polar surface area (TPSA) is 64.4 Å². The van der Waals surface area contributed by atoms with Gasteiger partial charge in [0.2, 0.25) is 5.91 Å². The quantitative estimate of drug-likeness (QED) is 0.682. The van der Waals surface area contributed by atoms with E-state index in [4.69, 9.17) is 5.26 Å². The van der Waals surface area contributed by atoms with Crippen molar-refractivity contribution in [2.24, 2.45) is 5.92 Å². The molecule has 0 saturated carbocycles. The molecule has 5 nitrogen and oxygen atoms in total. The van der Waals surface area contributed by atoms with Crippen LogP contribution in [-0.2, 0) is 22.3 Å². The van der Waals surface area contributed by atoms with Crippen LogP contribution < -0.4 is 4.90 Å². The first kappa shape index (κ1) is 22.3. The molecule has 0 N–H and O–H groups in total. The fourth-order valence-corrected chi connectivity index (χ4v) is 3.58. The van der Waals surface area contributed by atoms with Gasteiger partial charge in [0.15, 0.2) is 0 Å². The van der Waals surface area contributed by atoms with Crippen LogP contribution in [0.25, 0.3) is 0 Å². The van der Waals surface area contributed by atoms with Crippen molar-refractivity contribution in [1.82, 2.24) is 4.90 Å². The van der Waals surface area contributed by atoms with E-state index in [0.717, 1.165) is 23.1 Å². The number of amides is 2. The highest BCUT2D eigenvalue weighted by Crippen LogP contribution is 2.31. The van der Waals surface area contributed by atoms with E-state index >= 15 is 0 Å². The highest BCUT2D eigenvalue weighted by molar-refractivity contribution is 6.06. The summed E-state index contributed by atoms with van der Waals surface area (Å²) >= 11 is 0. The van der Waals surface area contributed by atoms with E-state index in [1.165, 1.54) is 29.2 Å². The minimum Gasteiger partial charge on any atom is -0.325 e. The molecule has 1 heterocycles. The Kier molecular flexibility index (Phi) is 6.02. The Hall–Kier alpha value is -3.41. The number of hydrogen-bond donors (Lipinski definition) is 0. The molecule has 2 aromatic rings. The molecule has 0 aliphatic carbocycles. The fourth-order valence-electron chi connectivity index (χ4n) is 3.58. The second-order valence-electron chi connectivity index (χ2n) is 7.61. The highest BCUT2D eigenvalue weighted by atomic mass is 19.4. The molecule has 0 spiro atoms. The van der Waals surface area contributed by atoms with Crippen LogP contribution in [0, 0.1) is 23.1 Å². The first-order chi connectivity index (χ1) is 14.5. The summed E-state index contributed by atoms with van der Waals surface area (Å²) in [5.41, 5.74) is -0.378. The number of rotatable bonds is 4. The van der Waals surface area contributed by atoms with Crippen molar-refractivity contribution in [3.63, 3.8) is 0 Å². The van der Waals surface area contributed by atoms with Gasteiger partial charge in [-0.1, -0.05) is 26.0 Å². The Morgan fingerprint density at radius 3 is 2.29 bits per heavy atom. The molecule has 1 aliphatic rings. The molecule has 0 aromatic heterocycles. The van der Waals surface area contributed by atoms with Gasteiger partial charge >= 0.3 is 6.18 Å². The Balaban J connectivity index is 1.88. The van der Waals surface area contributed by atoms with E-state index < -0.39 is 42.0 Å². The Bertz CT molecular complexity index is 1040. The molecule has 1 atom stereocenters. The van der Waals surface area contributed by atoms with Crippen molar-refractivity contribution in [2.75, 3.05) is 11.4 Å². The zero-order chi connectivity index (χ0) is 22.9. The smallest absolute Gasteiger partial charge is 0.325 e. The van der Waals surface area contributed by atoms with Gasteiger partial charge in [0.05, 0.1) is 22.9 Å². The van der Waals surface area contributed by atoms with Gasteiger partial charge in [-0.3, -0.25) is 14.5 Å². The first-order valence-corrected chi connectivity index (χ1v) is 9.49. The van der Waals surface area contributed by atoms with Crippen LogP contribution in [0.15, 0.2) is 42.5 Å². The second-order valence-corrected chi connectivity index (χ2v) is 7.61. The number of anilines is 1. The van der Waals surface area contributed by atoms with Gasteiger partial charge in [0.25, 0.3) is 5.91 Å². The van der Waals surface area contributed by atoms with Gasteiger partial charge in [-0.05, 0) is 41.8 Å². The number of piperazine rings is 1. The van der Waals surface area contributed by atoms with E-state index in [-0.39, 0.29) is 23.7 Å². The molecule has 3 rings (SSSR count). The van der Waals surface area contributed by atoms with Gasteiger partial charge < -0.3 is 4.90 Å². The van der Waals surface area contributed by atoms with Crippen LogP contribution >= 0.6 is 0 Å². The van der Waals surface area contributed by atoms with Crippen LogP contribution in [0.2, 0.25) is 0 Å². The summed E-state index contributed by atoms with van der Waals surface area (Å²) in [5, 5.41) is 8.89. The van der Waals surface area contributed by atoms with Crippen molar-refractivity contribution in [3.8, 4) is 6.07 Å². The Morgan fingerprint density at radius 2 is 1.77 bits per heavy atom. The van der Waals surface area contributed by atoms with Crippen LogP contribution in [0.5, 0.6) is 0 Å². The van der Waals surface area contributed by atoms with E-state index in [0.29, 0.717) is 5.56 Å². The Labute approximate surface area is 176 Å². The van der Waals surface area contributed by atoms with Gasteiger partial charge in [-0.15, -0.1) is 0 Å². The summed E-state index contributed by atoms with van der Waals surface area (Å²) < 4.78 is 52.8. The lowest BCUT2D eigenvalue weighted by Crippen LogP contribution is -2.61. The van der Waals surface area contributed by atoms with E-state index in [1.54, 1.807) is 19.9 Å². The van der Waals surface area contributed by atoms with Gasteiger partial charge in [0, 0.05) is 6.54 Å². The zero-order valence-electron chi connectivity index (χ0n) is 16.8. The average Bonchev–Trinajstić information content (AvgIpc) is 2.70.